The summed E-state index contributed by atoms with van der Waals surface area (Å²) in [5, 5.41) is 0. The lowest BCUT2D eigenvalue weighted by molar-refractivity contribution is -0.0118. The molecule has 142 valence electrons. The Labute approximate surface area is 159 Å². The van der Waals surface area contributed by atoms with Gasteiger partial charge in [0, 0.05) is 44.2 Å². The van der Waals surface area contributed by atoms with Crippen LogP contribution in [0.5, 0.6) is 5.75 Å². The summed E-state index contributed by atoms with van der Waals surface area (Å²) in [6, 6.07) is 7.36. The number of hydrogen-bond donors (Lipinski definition) is 0. The van der Waals surface area contributed by atoms with Crippen molar-refractivity contribution in [3.05, 3.63) is 29.8 Å². The highest BCUT2D eigenvalue weighted by Gasteiger charge is 2.51. The highest BCUT2D eigenvalue weighted by atomic mass is 32.2. The van der Waals surface area contributed by atoms with E-state index in [1.54, 1.807) is 7.11 Å². The summed E-state index contributed by atoms with van der Waals surface area (Å²) in [5.41, 5.74) is 0.732. The average molecular weight is 378 g/mol. The molecule has 3 saturated heterocycles. The maximum absolute atomic E-state index is 12.6. The number of carbonyl (C=O) groups is 1. The van der Waals surface area contributed by atoms with Crippen molar-refractivity contribution in [2.75, 3.05) is 45.8 Å². The van der Waals surface area contributed by atoms with Crippen LogP contribution in [0.2, 0.25) is 0 Å². The fourth-order valence-corrected chi connectivity index (χ4v) is 5.58. The number of methoxy groups -OCH3 is 1. The molecule has 1 spiro atoms. The summed E-state index contributed by atoms with van der Waals surface area (Å²) in [7, 11) is 1.63. The number of ether oxygens (including phenoxy) is 3. The number of carbonyl (C=O) groups excluding carboxylic acids is 1. The Balaban J connectivity index is 1.24. The van der Waals surface area contributed by atoms with E-state index in [-0.39, 0.29) is 10.7 Å². The molecule has 0 aliphatic carbocycles. The molecule has 3 aliphatic rings. The first kappa shape index (κ1) is 18.1. The van der Waals surface area contributed by atoms with Crippen LogP contribution in [0.25, 0.3) is 0 Å². The molecule has 0 radical (unpaired) electrons. The van der Waals surface area contributed by atoms with E-state index in [4.69, 9.17) is 14.2 Å². The van der Waals surface area contributed by atoms with E-state index >= 15 is 0 Å². The van der Waals surface area contributed by atoms with Gasteiger partial charge in [-0.25, -0.2) is 0 Å². The minimum absolute atomic E-state index is 0.116. The minimum atomic E-state index is 0.116. The molecule has 6 heteroatoms. The van der Waals surface area contributed by atoms with Crippen molar-refractivity contribution in [3.63, 3.8) is 0 Å². The Morgan fingerprint density at radius 2 is 2.00 bits per heavy atom. The molecule has 1 aromatic carbocycles. The summed E-state index contributed by atoms with van der Waals surface area (Å²) in [6.45, 7) is 4.28. The minimum Gasteiger partial charge on any atom is -0.497 e. The van der Waals surface area contributed by atoms with Gasteiger partial charge in [0.05, 0.1) is 18.0 Å². The molecule has 4 rings (SSSR count). The normalized spacial score (nSPS) is 25.3. The molecular formula is C20H27NO4S. The number of amides is 1. The van der Waals surface area contributed by atoms with E-state index in [1.807, 2.05) is 40.9 Å². The summed E-state index contributed by atoms with van der Waals surface area (Å²) in [4.78, 5) is 14.6. The van der Waals surface area contributed by atoms with Crippen LogP contribution in [0, 0.1) is 5.92 Å². The van der Waals surface area contributed by atoms with Gasteiger partial charge in [0.2, 0.25) is 0 Å². The van der Waals surface area contributed by atoms with Crippen LogP contribution in [-0.4, -0.2) is 67.4 Å². The standard InChI is InChI=1S/C20H27NO4S/c1-23-17-4-2-16(3-5-17)19(22)21-13-20(14-21)10-18(12-26-20)25-11-15-6-8-24-9-7-15/h2-5,15,18H,6-14H2,1H3/t18-/m0/s1. The van der Waals surface area contributed by atoms with Crippen molar-refractivity contribution in [3.8, 4) is 5.75 Å². The third-order valence-electron chi connectivity index (χ3n) is 5.67. The number of nitrogens with zero attached hydrogens (tertiary/aromatic N) is 1. The van der Waals surface area contributed by atoms with Gasteiger partial charge in [0.25, 0.3) is 5.91 Å². The van der Waals surface area contributed by atoms with E-state index in [1.165, 1.54) is 0 Å². The summed E-state index contributed by atoms with van der Waals surface area (Å²) < 4.78 is 17.0. The largest absolute Gasteiger partial charge is 0.497 e. The van der Waals surface area contributed by atoms with Crippen molar-refractivity contribution in [1.29, 1.82) is 0 Å². The Hall–Kier alpha value is -1.24. The molecule has 0 unspecified atom stereocenters. The highest BCUT2D eigenvalue weighted by Crippen LogP contribution is 2.46. The molecule has 1 aromatic rings. The lowest BCUT2D eigenvalue weighted by atomic mass is 9.92. The predicted octanol–water partition coefficient (Wildman–Crippen LogP) is 2.84. The summed E-state index contributed by atoms with van der Waals surface area (Å²) in [6.07, 6.45) is 3.64. The topological polar surface area (TPSA) is 48.0 Å². The first-order chi connectivity index (χ1) is 12.7. The molecule has 0 N–H and O–H groups in total. The zero-order chi connectivity index (χ0) is 18.0. The number of thioether (sulfide) groups is 1. The van der Waals surface area contributed by atoms with Crippen molar-refractivity contribution in [1.82, 2.24) is 4.90 Å². The summed E-state index contributed by atoms with van der Waals surface area (Å²) >= 11 is 1.99. The van der Waals surface area contributed by atoms with Crippen molar-refractivity contribution in [2.45, 2.75) is 30.1 Å². The monoisotopic (exact) mass is 377 g/mol. The van der Waals surface area contributed by atoms with Gasteiger partial charge in [0.1, 0.15) is 5.75 Å². The van der Waals surface area contributed by atoms with Crippen LogP contribution < -0.4 is 4.74 Å². The zero-order valence-corrected chi connectivity index (χ0v) is 16.1. The van der Waals surface area contributed by atoms with Gasteiger partial charge in [-0.1, -0.05) is 0 Å². The Morgan fingerprint density at radius 3 is 2.69 bits per heavy atom. The molecule has 0 bridgehead atoms. The number of benzene rings is 1. The number of hydrogen-bond acceptors (Lipinski definition) is 5. The molecule has 3 heterocycles. The van der Waals surface area contributed by atoms with Crippen LogP contribution in [0.4, 0.5) is 0 Å². The van der Waals surface area contributed by atoms with Gasteiger partial charge < -0.3 is 19.1 Å². The third kappa shape index (κ3) is 3.87. The molecule has 26 heavy (non-hydrogen) atoms. The van der Waals surface area contributed by atoms with Crippen LogP contribution in [0.15, 0.2) is 24.3 Å². The molecular weight excluding hydrogens is 350 g/mol. The van der Waals surface area contributed by atoms with Gasteiger partial charge in [-0.3, -0.25) is 4.79 Å². The molecule has 1 atom stereocenters. The van der Waals surface area contributed by atoms with Gasteiger partial charge in [-0.05, 0) is 49.4 Å². The quantitative estimate of drug-likeness (QED) is 0.790. The zero-order valence-electron chi connectivity index (χ0n) is 15.3. The van der Waals surface area contributed by atoms with Crippen molar-refractivity contribution >= 4 is 17.7 Å². The van der Waals surface area contributed by atoms with E-state index in [9.17, 15) is 4.79 Å². The molecule has 5 nitrogen and oxygen atoms in total. The fraction of sp³-hybridized carbons (Fsp3) is 0.650. The Kier molecular flexibility index (Phi) is 5.43. The van der Waals surface area contributed by atoms with E-state index in [0.717, 1.165) is 69.2 Å². The second-order valence-electron chi connectivity index (χ2n) is 7.60. The SMILES string of the molecule is COc1ccc(C(=O)N2CC3(C[C@H](OCC4CCOCC4)CS3)C2)cc1. The first-order valence-electron chi connectivity index (χ1n) is 9.44. The van der Waals surface area contributed by atoms with Gasteiger partial charge in [0.15, 0.2) is 0 Å². The molecule has 0 aromatic heterocycles. The number of rotatable bonds is 5. The molecule has 3 aliphatic heterocycles. The molecule has 0 saturated carbocycles. The van der Waals surface area contributed by atoms with E-state index in [0.29, 0.717) is 12.0 Å². The van der Waals surface area contributed by atoms with E-state index < -0.39 is 0 Å². The van der Waals surface area contributed by atoms with Crippen molar-refractivity contribution < 1.29 is 19.0 Å². The van der Waals surface area contributed by atoms with Gasteiger partial charge in [-0.2, -0.15) is 0 Å². The maximum Gasteiger partial charge on any atom is 0.253 e. The Morgan fingerprint density at radius 1 is 1.27 bits per heavy atom. The predicted molar refractivity (Wildman–Crippen MR) is 102 cm³/mol. The van der Waals surface area contributed by atoms with Crippen molar-refractivity contribution in [2.24, 2.45) is 5.92 Å². The lowest BCUT2D eigenvalue weighted by Gasteiger charge is -2.47. The second kappa shape index (κ2) is 7.79. The fourth-order valence-electron chi connectivity index (χ4n) is 4.02. The van der Waals surface area contributed by atoms with Gasteiger partial charge in [-0.15, -0.1) is 11.8 Å². The first-order valence-corrected chi connectivity index (χ1v) is 10.4. The number of likely N-dealkylation sites (tertiary alicyclic amines) is 1. The van der Waals surface area contributed by atoms with Crippen LogP contribution in [0.3, 0.4) is 0 Å². The average Bonchev–Trinajstić information content (AvgIpc) is 3.10. The molecule has 3 fully saturated rings. The second-order valence-corrected chi connectivity index (χ2v) is 9.09. The van der Waals surface area contributed by atoms with E-state index in [2.05, 4.69) is 0 Å². The highest BCUT2D eigenvalue weighted by molar-refractivity contribution is 8.01. The van der Waals surface area contributed by atoms with Crippen LogP contribution in [0.1, 0.15) is 29.6 Å². The molecule has 1 amide bonds. The van der Waals surface area contributed by atoms with Crippen LogP contribution >= 0.6 is 11.8 Å². The third-order valence-corrected chi connectivity index (χ3v) is 7.24. The van der Waals surface area contributed by atoms with Gasteiger partial charge >= 0.3 is 0 Å². The Bertz CT molecular complexity index is 623. The van der Waals surface area contributed by atoms with Crippen LogP contribution in [-0.2, 0) is 9.47 Å². The maximum atomic E-state index is 12.6. The smallest absolute Gasteiger partial charge is 0.253 e. The lowest BCUT2D eigenvalue weighted by Crippen LogP contribution is -2.60. The summed E-state index contributed by atoms with van der Waals surface area (Å²) in [5.74, 6) is 2.59.